The largest absolute Gasteiger partial charge is 0.300 e. The molecule has 0 N–H and O–H groups in total. The molecular formula is C17H40O3. The van der Waals surface area contributed by atoms with Gasteiger partial charge in [-0.3, -0.25) is 0 Å². The molecule has 0 saturated heterocycles. The van der Waals surface area contributed by atoms with Crippen LogP contribution in [0.4, 0.5) is 0 Å². The minimum Gasteiger partial charge on any atom is -0.300 e. The van der Waals surface area contributed by atoms with Crippen molar-refractivity contribution in [2.75, 3.05) is 0 Å². The van der Waals surface area contributed by atoms with Crippen molar-refractivity contribution in [1.29, 1.82) is 0 Å². The van der Waals surface area contributed by atoms with Crippen LogP contribution in [0.3, 0.4) is 0 Å². The third-order valence-electron chi connectivity index (χ3n) is 1.49. The van der Waals surface area contributed by atoms with Crippen LogP contribution in [0.25, 0.3) is 0 Å². The molecule has 0 amide bonds. The molecule has 0 heterocycles. The molecule has 0 aliphatic rings. The molecule has 0 aromatic heterocycles. The van der Waals surface area contributed by atoms with E-state index in [-0.39, 0.29) is 32.2 Å². The lowest BCUT2D eigenvalue weighted by molar-refractivity contribution is -0.117. The SMILES string of the molecule is C.C.CCC.CCC(C)=O.CCC(C)=O.CCC(C)=O. The molecule has 0 spiro atoms. The van der Waals surface area contributed by atoms with Crippen molar-refractivity contribution >= 4 is 17.3 Å². The molecule has 0 rings (SSSR count). The van der Waals surface area contributed by atoms with Gasteiger partial charge in [-0.05, 0) is 20.8 Å². The molecule has 126 valence electrons. The summed E-state index contributed by atoms with van der Waals surface area (Å²) >= 11 is 0. The lowest BCUT2D eigenvalue weighted by Gasteiger charge is -1.71. The molecule has 0 atom stereocenters. The van der Waals surface area contributed by atoms with Crippen LogP contribution in [0.2, 0.25) is 0 Å². The lowest BCUT2D eigenvalue weighted by Crippen LogP contribution is -1.80. The van der Waals surface area contributed by atoms with Gasteiger partial charge < -0.3 is 14.4 Å². The summed E-state index contributed by atoms with van der Waals surface area (Å²) in [4.78, 5) is 29.4. The highest BCUT2D eigenvalue weighted by Crippen LogP contribution is 1.72. The maximum Gasteiger partial charge on any atom is 0.129 e. The van der Waals surface area contributed by atoms with E-state index in [9.17, 15) is 14.4 Å². The summed E-state index contributed by atoms with van der Waals surface area (Å²) in [6.45, 7) is 14.5. The maximum absolute atomic E-state index is 9.81. The summed E-state index contributed by atoms with van der Waals surface area (Å²) in [6.07, 6.45) is 3.25. The van der Waals surface area contributed by atoms with Gasteiger partial charge >= 0.3 is 0 Å². The fourth-order valence-electron chi connectivity index (χ4n) is 0. The van der Waals surface area contributed by atoms with E-state index in [4.69, 9.17) is 0 Å². The van der Waals surface area contributed by atoms with E-state index in [2.05, 4.69) is 13.8 Å². The molecule has 0 saturated carbocycles. The third kappa shape index (κ3) is 174. The monoisotopic (exact) mass is 292 g/mol. The molecule has 0 aromatic rings. The smallest absolute Gasteiger partial charge is 0.129 e. The number of rotatable bonds is 3. The number of carbonyl (C=O) groups is 3. The Morgan fingerprint density at radius 3 is 0.600 bits per heavy atom. The number of ketones is 3. The Hall–Kier alpha value is -0.990. The van der Waals surface area contributed by atoms with Crippen molar-refractivity contribution in [3.63, 3.8) is 0 Å². The highest BCUT2D eigenvalue weighted by molar-refractivity contribution is 5.75. The fraction of sp³-hybridized carbons (Fsp3) is 0.824. The van der Waals surface area contributed by atoms with Crippen LogP contribution in [0.15, 0.2) is 0 Å². The number of Topliss-reactive ketones (excluding diaryl/α,β-unsaturated/α-hetero) is 3. The zero-order chi connectivity index (χ0) is 15.6. The Morgan fingerprint density at radius 1 is 0.550 bits per heavy atom. The van der Waals surface area contributed by atoms with E-state index in [0.29, 0.717) is 19.3 Å². The van der Waals surface area contributed by atoms with Gasteiger partial charge in [0.1, 0.15) is 17.3 Å². The average Bonchev–Trinajstić information content (AvgIpc) is 2.31. The van der Waals surface area contributed by atoms with Crippen molar-refractivity contribution in [2.45, 2.75) is 95.9 Å². The Morgan fingerprint density at radius 2 is 0.600 bits per heavy atom. The Labute approximate surface area is 128 Å². The average molecular weight is 293 g/mol. The summed E-state index contributed by atoms with van der Waals surface area (Å²) in [7, 11) is 0. The van der Waals surface area contributed by atoms with Gasteiger partial charge in [0.25, 0.3) is 0 Å². The molecule has 3 heteroatoms. The van der Waals surface area contributed by atoms with Crippen molar-refractivity contribution < 1.29 is 14.4 Å². The minimum atomic E-state index is 0. The second kappa shape index (κ2) is 36.1. The van der Waals surface area contributed by atoms with Gasteiger partial charge in [0.2, 0.25) is 0 Å². The van der Waals surface area contributed by atoms with E-state index in [0.717, 1.165) is 0 Å². The second-order valence-electron chi connectivity index (χ2n) is 3.87. The zero-order valence-corrected chi connectivity index (χ0v) is 13.6. The molecule has 0 radical (unpaired) electrons. The van der Waals surface area contributed by atoms with E-state index >= 15 is 0 Å². The van der Waals surface area contributed by atoms with Crippen LogP contribution in [-0.2, 0) is 14.4 Å². The Balaban J connectivity index is -0.0000000321. The van der Waals surface area contributed by atoms with E-state index in [1.54, 1.807) is 20.8 Å². The van der Waals surface area contributed by atoms with Crippen molar-refractivity contribution in [3.8, 4) is 0 Å². The molecular weight excluding hydrogens is 252 g/mol. The fourth-order valence-corrected chi connectivity index (χ4v) is 0. The third-order valence-corrected chi connectivity index (χ3v) is 1.49. The highest BCUT2D eigenvalue weighted by atomic mass is 16.1. The molecule has 0 bridgehead atoms. The quantitative estimate of drug-likeness (QED) is 0.676. The first-order chi connectivity index (χ1) is 8.22. The van der Waals surface area contributed by atoms with Gasteiger partial charge in [-0.2, -0.15) is 0 Å². The van der Waals surface area contributed by atoms with E-state index in [1.807, 2.05) is 20.8 Å². The summed E-state index contributed by atoms with van der Waals surface area (Å²) < 4.78 is 0. The van der Waals surface area contributed by atoms with Gasteiger partial charge in [-0.15, -0.1) is 0 Å². The van der Waals surface area contributed by atoms with Crippen LogP contribution < -0.4 is 0 Å². The van der Waals surface area contributed by atoms with Crippen LogP contribution in [0.1, 0.15) is 95.9 Å². The number of carbonyl (C=O) groups excluding carboxylic acids is 3. The van der Waals surface area contributed by atoms with Crippen molar-refractivity contribution in [2.24, 2.45) is 0 Å². The number of hydrogen-bond donors (Lipinski definition) is 0. The van der Waals surface area contributed by atoms with E-state index in [1.165, 1.54) is 6.42 Å². The maximum atomic E-state index is 9.81. The Bertz CT molecular complexity index is 163. The summed E-state index contributed by atoms with van der Waals surface area (Å²) in [6, 6.07) is 0. The van der Waals surface area contributed by atoms with Gasteiger partial charge in [-0.1, -0.05) is 55.9 Å². The molecule has 0 aromatic carbocycles. The van der Waals surface area contributed by atoms with Gasteiger partial charge in [-0.25, -0.2) is 0 Å². The standard InChI is InChI=1S/3C4H8O.C3H8.2CH4/c3*1-3-4(2)5;1-3-2;;/h3*3H2,1-2H3;3H2,1-2H3;2*1H4. The predicted molar refractivity (Wildman–Crippen MR) is 92.3 cm³/mol. The van der Waals surface area contributed by atoms with Crippen LogP contribution in [-0.4, -0.2) is 17.3 Å². The number of hydrogen-bond acceptors (Lipinski definition) is 3. The first kappa shape index (κ1) is 36.4. The van der Waals surface area contributed by atoms with Crippen molar-refractivity contribution in [1.82, 2.24) is 0 Å². The lowest BCUT2D eigenvalue weighted by atomic mass is 10.4. The predicted octanol–water partition coefficient (Wildman–Crippen LogP) is 5.64. The molecule has 0 aliphatic carbocycles. The summed E-state index contributed by atoms with van der Waals surface area (Å²) in [5.41, 5.74) is 0. The second-order valence-corrected chi connectivity index (χ2v) is 3.87. The van der Waals surface area contributed by atoms with Crippen LogP contribution >= 0.6 is 0 Å². The van der Waals surface area contributed by atoms with Crippen LogP contribution in [0.5, 0.6) is 0 Å². The van der Waals surface area contributed by atoms with Crippen molar-refractivity contribution in [3.05, 3.63) is 0 Å². The highest BCUT2D eigenvalue weighted by Gasteiger charge is 1.77. The zero-order valence-electron chi connectivity index (χ0n) is 13.6. The van der Waals surface area contributed by atoms with Gasteiger partial charge in [0.05, 0.1) is 0 Å². The van der Waals surface area contributed by atoms with Gasteiger partial charge in [0, 0.05) is 19.3 Å². The molecule has 0 fully saturated rings. The molecule has 0 aliphatic heterocycles. The first-order valence-electron chi connectivity index (χ1n) is 6.71. The molecule has 0 unspecified atom stereocenters. The van der Waals surface area contributed by atoms with E-state index < -0.39 is 0 Å². The normalized spacial score (nSPS) is 6.60. The van der Waals surface area contributed by atoms with Gasteiger partial charge in [0.15, 0.2) is 0 Å². The molecule has 20 heavy (non-hydrogen) atoms. The first-order valence-corrected chi connectivity index (χ1v) is 6.71. The molecule has 3 nitrogen and oxygen atoms in total. The minimum absolute atomic E-state index is 0. The van der Waals surface area contributed by atoms with Crippen LogP contribution in [0, 0.1) is 0 Å². The summed E-state index contributed by atoms with van der Waals surface area (Å²) in [5.74, 6) is 0.764. The Kier molecular flexibility index (Phi) is 65.8. The topological polar surface area (TPSA) is 51.2 Å². The summed E-state index contributed by atoms with van der Waals surface area (Å²) in [5, 5.41) is 0.